The van der Waals surface area contributed by atoms with Gasteiger partial charge in [-0.3, -0.25) is 14.3 Å². The third kappa shape index (κ3) is 5.01. The fraction of sp³-hybridized carbons (Fsp3) is 0.160. The number of hydrogen-bond acceptors (Lipinski definition) is 4. The van der Waals surface area contributed by atoms with Crippen molar-refractivity contribution in [2.45, 2.75) is 12.8 Å². The summed E-state index contributed by atoms with van der Waals surface area (Å²) >= 11 is 12.4. The molecule has 1 N–H and O–H groups in total. The van der Waals surface area contributed by atoms with E-state index < -0.39 is 0 Å². The van der Waals surface area contributed by atoms with Gasteiger partial charge in [-0.1, -0.05) is 53.5 Å². The Balaban J connectivity index is 1.70. The summed E-state index contributed by atoms with van der Waals surface area (Å²) in [6.45, 7) is 0.688. The topological polar surface area (TPSA) is 59.8 Å². The minimum absolute atomic E-state index is 0.185. The molecule has 0 bridgehead atoms. The highest BCUT2D eigenvalue weighted by Crippen LogP contribution is 2.32. The van der Waals surface area contributed by atoms with Gasteiger partial charge >= 0.3 is 0 Å². The highest BCUT2D eigenvalue weighted by Gasteiger charge is 2.19. The van der Waals surface area contributed by atoms with Gasteiger partial charge in [0, 0.05) is 41.6 Å². The highest BCUT2D eigenvalue weighted by molar-refractivity contribution is 6.35. The number of benzene rings is 2. The van der Waals surface area contributed by atoms with Crippen molar-refractivity contribution in [3.05, 3.63) is 99.0 Å². The van der Waals surface area contributed by atoms with E-state index in [1.807, 2.05) is 30.3 Å². The van der Waals surface area contributed by atoms with Crippen LogP contribution in [0.2, 0.25) is 10.0 Å². The molecule has 0 spiro atoms. The number of nitrogens with zero attached hydrogens (tertiary/aromatic N) is 3. The number of nitrogens with one attached hydrogen (secondary N) is 1. The number of rotatable bonds is 7. The van der Waals surface area contributed by atoms with E-state index in [1.54, 1.807) is 37.6 Å². The van der Waals surface area contributed by atoms with Crippen LogP contribution in [0, 0.1) is 0 Å². The lowest BCUT2D eigenvalue weighted by atomic mass is 10.0. The Morgan fingerprint density at radius 1 is 0.938 bits per heavy atom. The maximum atomic E-state index is 13.4. The molecule has 2 aromatic carbocycles. The van der Waals surface area contributed by atoms with Crippen LogP contribution in [-0.4, -0.2) is 21.1 Å². The number of aryl methyl sites for hydroxylation is 1. The molecule has 32 heavy (non-hydrogen) atoms. The van der Waals surface area contributed by atoms with Crippen LogP contribution in [0.1, 0.15) is 12.0 Å². The van der Waals surface area contributed by atoms with Crippen molar-refractivity contribution in [3.8, 4) is 22.4 Å². The first-order valence-corrected chi connectivity index (χ1v) is 11.0. The Bertz CT molecular complexity index is 1250. The van der Waals surface area contributed by atoms with Gasteiger partial charge in [-0.25, -0.2) is 4.98 Å². The van der Waals surface area contributed by atoms with E-state index in [9.17, 15) is 4.79 Å². The van der Waals surface area contributed by atoms with Crippen molar-refractivity contribution >= 4 is 29.2 Å². The molecule has 0 radical (unpaired) electrons. The van der Waals surface area contributed by atoms with Gasteiger partial charge in [0.1, 0.15) is 0 Å². The number of anilines is 1. The molecule has 0 aliphatic carbocycles. The van der Waals surface area contributed by atoms with E-state index >= 15 is 0 Å². The molecule has 2 aromatic heterocycles. The van der Waals surface area contributed by atoms with E-state index in [1.165, 1.54) is 10.1 Å². The van der Waals surface area contributed by atoms with Crippen LogP contribution in [-0.2, 0) is 13.5 Å². The van der Waals surface area contributed by atoms with E-state index in [-0.39, 0.29) is 5.56 Å². The Morgan fingerprint density at radius 3 is 2.31 bits per heavy atom. The molecule has 5 nitrogen and oxygen atoms in total. The van der Waals surface area contributed by atoms with Gasteiger partial charge in [-0.05, 0) is 54.3 Å². The minimum atomic E-state index is -0.185. The number of pyridine rings is 1. The van der Waals surface area contributed by atoms with Crippen LogP contribution in [0.15, 0.2) is 77.9 Å². The molecule has 2 heterocycles. The standard InChI is InChI=1S/C25H22Cl2N4O/c1-31-24(32)22(19-14-20(26)16-21(27)15-19)23(18-9-12-28-13-10-18)30-25(31)29-11-5-8-17-6-3-2-4-7-17/h2-4,6-7,9-10,12-16H,5,8,11H2,1H3,(H,29,30). The number of hydrogen-bond donors (Lipinski definition) is 1. The van der Waals surface area contributed by atoms with Crippen molar-refractivity contribution in [1.29, 1.82) is 0 Å². The summed E-state index contributed by atoms with van der Waals surface area (Å²) in [4.78, 5) is 22.3. The predicted molar refractivity (Wildman–Crippen MR) is 131 cm³/mol. The van der Waals surface area contributed by atoms with Gasteiger partial charge in [0.15, 0.2) is 0 Å². The minimum Gasteiger partial charge on any atom is -0.356 e. The first kappa shape index (κ1) is 22.1. The molecule has 4 rings (SSSR count). The summed E-state index contributed by atoms with van der Waals surface area (Å²) < 4.78 is 1.53. The lowest BCUT2D eigenvalue weighted by molar-refractivity contribution is 0.798. The van der Waals surface area contributed by atoms with E-state index in [2.05, 4.69) is 22.4 Å². The summed E-state index contributed by atoms with van der Waals surface area (Å²) in [7, 11) is 1.71. The second-order valence-electron chi connectivity index (χ2n) is 7.43. The van der Waals surface area contributed by atoms with Gasteiger partial charge < -0.3 is 5.32 Å². The second kappa shape index (κ2) is 9.98. The molecule has 0 aliphatic rings. The van der Waals surface area contributed by atoms with Crippen LogP contribution in [0.5, 0.6) is 0 Å². The zero-order chi connectivity index (χ0) is 22.5. The molecule has 4 aromatic rings. The van der Waals surface area contributed by atoms with Crippen LogP contribution >= 0.6 is 23.2 Å². The Hall–Kier alpha value is -3.15. The third-order valence-electron chi connectivity index (χ3n) is 5.16. The predicted octanol–water partition coefficient (Wildman–Crippen LogP) is 5.86. The zero-order valence-corrected chi connectivity index (χ0v) is 19.1. The zero-order valence-electron chi connectivity index (χ0n) is 17.6. The van der Waals surface area contributed by atoms with E-state index in [0.717, 1.165) is 18.4 Å². The maximum absolute atomic E-state index is 13.4. The fourth-order valence-electron chi connectivity index (χ4n) is 3.57. The average molecular weight is 465 g/mol. The molecule has 0 saturated carbocycles. The molecular formula is C25H22Cl2N4O. The van der Waals surface area contributed by atoms with Crippen molar-refractivity contribution in [3.63, 3.8) is 0 Å². The molecule has 0 atom stereocenters. The molecule has 0 amide bonds. The van der Waals surface area contributed by atoms with Crippen LogP contribution in [0.25, 0.3) is 22.4 Å². The monoisotopic (exact) mass is 464 g/mol. The van der Waals surface area contributed by atoms with Crippen molar-refractivity contribution in [2.24, 2.45) is 7.05 Å². The molecular weight excluding hydrogens is 443 g/mol. The SMILES string of the molecule is Cn1c(NCCCc2ccccc2)nc(-c2ccncc2)c(-c2cc(Cl)cc(Cl)c2)c1=O. The number of aromatic nitrogens is 3. The van der Waals surface area contributed by atoms with E-state index in [0.29, 0.717) is 39.4 Å². The normalized spacial score (nSPS) is 10.8. The lowest BCUT2D eigenvalue weighted by Crippen LogP contribution is -2.25. The fourth-order valence-corrected chi connectivity index (χ4v) is 4.10. The summed E-state index contributed by atoms with van der Waals surface area (Å²) in [5.74, 6) is 0.506. The summed E-state index contributed by atoms with van der Waals surface area (Å²) in [6, 6.07) is 19.1. The summed E-state index contributed by atoms with van der Waals surface area (Å²) in [5.41, 5.74) is 3.50. The molecule has 0 aliphatic heterocycles. The molecule has 162 valence electrons. The van der Waals surface area contributed by atoms with Crippen molar-refractivity contribution < 1.29 is 0 Å². The van der Waals surface area contributed by atoms with Gasteiger partial charge in [0.25, 0.3) is 5.56 Å². The molecule has 0 saturated heterocycles. The van der Waals surface area contributed by atoms with Gasteiger partial charge in [0.2, 0.25) is 5.95 Å². The Labute approximate surface area is 196 Å². The van der Waals surface area contributed by atoms with Gasteiger partial charge in [-0.15, -0.1) is 0 Å². The van der Waals surface area contributed by atoms with Gasteiger partial charge in [0.05, 0.1) is 11.3 Å². The second-order valence-corrected chi connectivity index (χ2v) is 8.31. The van der Waals surface area contributed by atoms with Crippen LogP contribution in [0.3, 0.4) is 0 Å². The van der Waals surface area contributed by atoms with Crippen LogP contribution in [0.4, 0.5) is 5.95 Å². The first-order valence-electron chi connectivity index (χ1n) is 10.3. The average Bonchev–Trinajstić information content (AvgIpc) is 2.79. The Kier molecular flexibility index (Phi) is 6.88. The highest BCUT2D eigenvalue weighted by atomic mass is 35.5. The quantitative estimate of drug-likeness (QED) is 0.348. The molecule has 0 unspecified atom stereocenters. The smallest absolute Gasteiger partial charge is 0.263 e. The third-order valence-corrected chi connectivity index (χ3v) is 5.60. The van der Waals surface area contributed by atoms with Crippen LogP contribution < -0.4 is 10.9 Å². The first-order chi connectivity index (χ1) is 15.5. The van der Waals surface area contributed by atoms with E-state index in [4.69, 9.17) is 28.2 Å². The molecule has 7 heteroatoms. The molecule has 0 fully saturated rings. The summed E-state index contributed by atoms with van der Waals surface area (Å²) in [6.07, 6.45) is 5.21. The Morgan fingerprint density at radius 2 is 1.62 bits per heavy atom. The number of halogens is 2. The lowest BCUT2D eigenvalue weighted by Gasteiger charge is -2.16. The maximum Gasteiger partial charge on any atom is 0.263 e. The van der Waals surface area contributed by atoms with Gasteiger partial charge in [-0.2, -0.15) is 0 Å². The van der Waals surface area contributed by atoms with Crippen molar-refractivity contribution in [1.82, 2.24) is 14.5 Å². The largest absolute Gasteiger partial charge is 0.356 e. The van der Waals surface area contributed by atoms with Crippen molar-refractivity contribution in [2.75, 3.05) is 11.9 Å². The summed E-state index contributed by atoms with van der Waals surface area (Å²) in [5, 5.41) is 4.23.